The highest BCUT2D eigenvalue weighted by molar-refractivity contribution is 7.89. The molecule has 0 bridgehead atoms. The number of fused-ring (bicyclic) bond motifs is 1. The van der Waals surface area contributed by atoms with Crippen molar-refractivity contribution in [3.63, 3.8) is 0 Å². The summed E-state index contributed by atoms with van der Waals surface area (Å²) in [7, 11) is -3.55. The van der Waals surface area contributed by atoms with Crippen LogP contribution in [0.25, 0.3) is 11.0 Å². The molecule has 4 rings (SSSR count). The van der Waals surface area contributed by atoms with Gasteiger partial charge in [0.2, 0.25) is 10.0 Å². The summed E-state index contributed by atoms with van der Waals surface area (Å²) in [4.78, 5) is 14.9. The van der Waals surface area contributed by atoms with Crippen LogP contribution in [0.2, 0.25) is 0 Å². The summed E-state index contributed by atoms with van der Waals surface area (Å²) < 4.78 is 33.1. The van der Waals surface area contributed by atoms with Gasteiger partial charge in [0.05, 0.1) is 4.90 Å². The second-order valence-electron chi connectivity index (χ2n) is 7.37. The molecule has 1 saturated carbocycles. The summed E-state index contributed by atoms with van der Waals surface area (Å²) in [5.74, 6) is 0.00408. The van der Waals surface area contributed by atoms with Crippen LogP contribution in [0.5, 0.6) is 0 Å². The number of carbonyl (C=O) groups excluding carboxylic acids is 1. The second kappa shape index (κ2) is 7.26. The van der Waals surface area contributed by atoms with Crippen LogP contribution in [0.1, 0.15) is 49.1 Å². The number of carbonyl (C=O) groups is 1. The van der Waals surface area contributed by atoms with Crippen molar-refractivity contribution in [3.8, 4) is 0 Å². The van der Waals surface area contributed by atoms with E-state index in [0.717, 1.165) is 32.1 Å². The van der Waals surface area contributed by atoms with Gasteiger partial charge in [0, 0.05) is 30.6 Å². The first-order valence-electron chi connectivity index (χ1n) is 9.46. The zero-order valence-corrected chi connectivity index (χ0v) is 15.9. The van der Waals surface area contributed by atoms with Crippen molar-refractivity contribution in [2.75, 3.05) is 13.2 Å². The number of likely N-dealkylation sites (tertiary alicyclic amines) is 1. The minimum Gasteiger partial charge on any atom is -0.451 e. The van der Waals surface area contributed by atoms with Gasteiger partial charge in [-0.2, -0.15) is 0 Å². The molecule has 1 atom stereocenters. The number of sulfonamides is 1. The summed E-state index contributed by atoms with van der Waals surface area (Å²) in [5.41, 5.74) is 0.486. The monoisotopic (exact) mass is 392 g/mol. The summed E-state index contributed by atoms with van der Waals surface area (Å²) in [6.07, 6.45) is 5.16. The highest BCUT2D eigenvalue weighted by atomic mass is 32.2. The summed E-state index contributed by atoms with van der Waals surface area (Å²) in [6.45, 7) is 0.690. The fourth-order valence-corrected chi connectivity index (χ4v) is 4.98. The van der Waals surface area contributed by atoms with Crippen molar-refractivity contribution in [2.24, 2.45) is 0 Å². The van der Waals surface area contributed by atoms with E-state index in [9.17, 15) is 18.3 Å². The van der Waals surface area contributed by atoms with Crippen molar-refractivity contribution >= 4 is 26.9 Å². The third kappa shape index (κ3) is 3.88. The van der Waals surface area contributed by atoms with E-state index < -0.39 is 10.0 Å². The van der Waals surface area contributed by atoms with Gasteiger partial charge < -0.3 is 14.4 Å². The summed E-state index contributed by atoms with van der Waals surface area (Å²) in [5, 5.41) is 9.84. The Morgan fingerprint density at radius 2 is 2.04 bits per heavy atom. The third-order valence-electron chi connectivity index (χ3n) is 5.26. The Bertz CT molecular complexity index is 946. The smallest absolute Gasteiger partial charge is 0.289 e. The van der Waals surface area contributed by atoms with Gasteiger partial charge in [-0.15, -0.1) is 0 Å². The molecule has 2 heterocycles. The number of aliphatic hydroxyl groups is 1. The molecule has 2 aliphatic rings. The SMILES string of the molecule is O=C(c1cc2cc(S(=O)(=O)NC3CC3)ccc2o1)N1CCCCC1CCO. The molecule has 27 heavy (non-hydrogen) atoms. The number of aliphatic hydroxyl groups excluding tert-OH is 1. The average Bonchev–Trinajstić information content (AvgIpc) is 3.34. The van der Waals surface area contributed by atoms with Crippen molar-refractivity contribution < 1.29 is 22.7 Å². The molecule has 1 aromatic heterocycles. The van der Waals surface area contributed by atoms with Crippen LogP contribution in [0.4, 0.5) is 0 Å². The molecule has 1 unspecified atom stereocenters. The number of benzene rings is 1. The lowest BCUT2D eigenvalue weighted by Gasteiger charge is -2.34. The third-order valence-corrected chi connectivity index (χ3v) is 6.78. The van der Waals surface area contributed by atoms with Crippen molar-refractivity contribution in [1.82, 2.24) is 9.62 Å². The number of piperidine rings is 1. The Kier molecular flexibility index (Phi) is 4.96. The largest absolute Gasteiger partial charge is 0.451 e. The fourth-order valence-electron chi connectivity index (χ4n) is 3.64. The highest BCUT2D eigenvalue weighted by Crippen LogP contribution is 2.28. The van der Waals surface area contributed by atoms with Crippen LogP contribution in [0, 0.1) is 0 Å². The molecule has 8 heteroatoms. The molecule has 1 aliphatic heterocycles. The van der Waals surface area contributed by atoms with Crippen LogP contribution in [0.3, 0.4) is 0 Å². The first-order chi connectivity index (χ1) is 13.0. The van der Waals surface area contributed by atoms with E-state index in [1.807, 2.05) is 0 Å². The Balaban J connectivity index is 1.60. The predicted octanol–water partition coefficient (Wildman–Crippen LogP) is 2.25. The van der Waals surface area contributed by atoms with Crippen LogP contribution in [0.15, 0.2) is 33.6 Å². The van der Waals surface area contributed by atoms with Crippen molar-refractivity contribution in [2.45, 2.75) is 55.5 Å². The van der Waals surface area contributed by atoms with Crippen LogP contribution in [-0.2, 0) is 10.0 Å². The Hall–Kier alpha value is -1.90. The van der Waals surface area contributed by atoms with Gasteiger partial charge in [-0.05, 0) is 62.8 Å². The standard InChI is InChI=1S/C19H24N2O5S/c22-10-8-15-3-1-2-9-21(15)19(23)18-12-13-11-16(6-7-17(13)26-18)27(24,25)20-14-4-5-14/h6-7,11-12,14-15,20,22H,1-5,8-10H2. The lowest BCUT2D eigenvalue weighted by Crippen LogP contribution is -2.44. The molecule has 1 amide bonds. The van der Waals surface area contributed by atoms with E-state index in [1.165, 1.54) is 6.07 Å². The lowest BCUT2D eigenvalue weighted by atomic mass is 9.99. The van der Waals surface area contributed by atoms with Crippen molar-refractivity contribution in [1.29, 1.82) is 0 Å². The molecule has 0 radical (unpaired) electrons. The van der Waals surface area contributed by atoms with Gasteiger partial charge in [-0.1, -0.05) is 0 Å². The fraction of sp³-hybridized carbons (Fsp3) is 0.526. The highest BCUT2D eigenvalue weighted by Gasteiger charge is 2.30. The summed E-state index contributed by atoms with van der Waals surface area (Å²) in [6, 6.07) is 6.30. The molecule has 0 spiro atoms. The molecule has 1 saturated heterocycles. The molecular weight excluding hydrogens is 368 g/mol. The Labute approximate surface area is 158 Å². The number of furan rings is 1. The molecule has 2 aromatic rings. The molecule has 146 valence electrons. The van der Waals surface area contributed by atoms with E-state index in [-0.39, 0.29) is 35.3 Å². The van der Waals surface area contributed by atoms with E-state index in [4.69, 9.17) is 4.42 Å². The van der Waals surface area contributed by atoms with E-state index in [2.05, 4.69) is 4.72 Å². The molecule has 1 aliphatic carbocycles. The maximum atomic E-state index is 12.9. The topological polar surface area (TPSA) is 99.8 Å². The molecular formula is C19H24N2O5S. The normalized spacial score (nSPS) is 20.9. The number of nitrogens with one attached hydrogen (secondary N) is 1. The number of rotatable bonds is 6. The maximum absolute atomic E-state index is 12.9. The molecule has 2 fully saturated rings. The van der Waals surface area contributed by atoms with Gasteiger partial charge in [0.25, 0.3) is 5.91 Å². The van der Waals surface area contributed by atoms with E-state index >= 15 is 0 Å². The number of hydrogen-bond donors (Lipinski definition) is 2. The number of nitrogens with zero attached hydrogens (tertiary/aromatic N) is 1. The average molecular weight is 392 g/mol. The summed E-state index contributed by atoms with van der Waals surface area (Å²) >= 11 is 0. The minimum atomic E-state index is -3.55. The van der Waals surface area contributed by atoms with E-state index in [0.29, 0.717) is 23.9 Å². The molecule has 7 nitrogen and oxygen atoms in total. The Morgan fingerprint density at radius 1 is 1.22 bits per heavy atom. The van der Waals surface area contributed by atoms with Gasteiger partial charge in [0.1, 0.15) is 5.58 Å². The second-order valence-corrected chi connectivity index (χ2v) is 9.08. The van der Waals surface area contributed by atoms with Crippen LogP contribution < -0.4 is 4.72 Å². The zero-order chi connectivity index (χ0) is 19.0. The van der Waals surface area contributed by atoms with Gasteiger partial charge in [-0.3, -0.25) is 4.79 Å². The predicted molar refractivity (Wildman–Crippen MR) is 99.9 cm³/mol. The maximum Gasteiger partial charge on any atom is 0.289 e. The molecule has 1 aromatic carbocycles. The van der Waals surface area contributed by atoms with E-state index in [1.54, 1.807) is 23.1 Å². The minimum absolute atomic E-state index is 0.0168. The zero-order valence-electron chi connectivity index (χ0n) is 15.1. The van der Waals surface area contributed by atoms with Gasteiger partial charge >= 0.3 is 0 Å². The lowest BCUT2D eigenvalue weighted by molar-refractivity contribution is 0.0545. The van der Waals surface area contributed by atoms with Gasteiger partial charge in [-0.25, -0.2) is 13.1 Å². The number of hydrogen-bond acceptors (Lipinski definition) is 5. The van der Waals surface area contributed by atoms with Crippen molar-refractivity contribution in [3.05, 3.63) is 30.0 Å². The molecule has 2 N–H and O–H groups in total. The Morgan fingerprint density at radius 3 is 2.78 bits per heavy atom. The first kappa shape index (κ1) is 18.5. The van der Waals surface area contributed by atoms with Crippen LogP contribution in [-0.4, -0.2) is 49.6 Å². The number of amides is 1. The first-order valence-corrected chi connectivity index (χ1v) is 10.9. The quantitative estimate of drug-likeness (QED) is 0.785. The van der Waals surface area contributed by atoms with Crippen LogP contribution >= 0.6 is 0 Å². The van der Waals surface area contributed by atoms with Gasteiger partial charge in [0.15, 0.2) is 5.76 Å².